The number of aromatic nitrogens is 1. The second-order valence-corrected chi connectivity index (χ2v) is 4.16. The van der Waals surface area contributed by atoms with Gasteiger partial charge in [-0.25, -0.2) is 0 Å². The van der Waals surface area contributed by atoms with E-state index in [0.717, 1.165) is 16.8 Å². The maximum absolute atomic E-state index is 11.8. The normalized spacial score (nSPS) is 10.4. The van der Waals surface area contributed by atoms with Crippen LogP contribution in [0.1, 0.15) is 16.7 Å². The second kappa shape index (κ2) is 3.97. The summed E-state index contributed by atoms with van der Waals surface area (Å²) in [5, 5.41) is 0. The Bertz CT molecular complexity index is 558. The number of hydrogen-bond donors (Lipinski definition) is 0. The second-order valence-electron chi connectivity index (χ2n) is 4.16. The Morgan fingerprint density at radius 3 is 2.19 bits per heavy atom. The zero-order valence-corrected chi connectivity index (χ0v) is 9.82. The van der Waals surface area contributed by atoms with Crippen LogP contribution in [0.15, 0.2) is 41.3 Å². The quantitative estimate of drug-likeness (QED) is 0.714. The van der Waals surface area contributed by atoms with Crippen LogP contribution in [-0.2, 0) is 0 Å². The zero-order chi connectivity index (χ0) is 11.7. The third-order valence-electron chi connectivity index (χ3n) is 2.70. The smallest absolute Gasteiger partial charge is 0.255 e. The lowest BCUT2D eigenvalue weighted by molar-refractivity contribution is 0.963. The molecule has 2 heteroatoms. The Labute approximate surface area is 95.2 Å². The summed E-state index contributed by atoms with van der Waals surface area (Å²) in [7, 11) is 0. The molecule has 2 aromatic rings. The van der Waals surface area contributed by atoms with Gasteiger partial charge in [-0.1, -0.05) is 23.8 Å². The van der Waals surface area contributed by atoms with E-state index in [1.165, 1.54) is 5.56 Å². The van der Waals surface area contributed by atoms with Gasteiger partial charge in [0.1, 0.15) is 0 Å². The molecule has 16 heavy (non-hydrogen) atoms. The number of hydrogen-bond acceptors (Lipinski definition) is 1. The van der Waals surface area contributed by atoms with Gasteiger partial charge in [0.05, 0.1) is 5.69 Å². The number of pyridine rings is 1. The molecule has 0 bridgehead atoms. The van der Waals surface area contributed by atoms with Gasteiger partial charge in [-0.2, -0.15) is 0 Å². The van der Waals surface area contributed by atoms with Crippen LogP contribution in [0.25, 0.3) is 5.69 Å². The third-order valence-corrected chi connectivity index (χ3v) is 2.70. The third kappa shape index (κ3) is 1.78. The van der Waals surface area contributed by atoms with Crippen LogP contribution in [0, 0.1) is 20.8 Å². The van der Waals surface area contributed by atoms with Crippen molar-refractivity contribution < 1.29 is 0 Å². The zero-order valence-electron chi connectivity index (χ0n) is 9.82. The SMILES string of the molecule is Cc1cc(C)c(-n2ccccc2=O)c(C)c1. The van der Waals surface area contributed by atoms with E-state index >= 15 is 0 Å². The van der Waals surface area contributed by atoms with Crippen molar-refractivity contribution in [3.63, 3.8) is 0 Å². The molecule has 0 unspecified atom stereocenters. The fraction of sp³-hybridized carbons (Fsp3) is 0.214. The molecule has 1 aromatic carbocycles. The summed E-state index contributed by atoms with van der Waals surface area (Å²) in [6, 6.07) is 9.42. The predicted octanol–water partition coefficient (Wildman–Crippen LogP) is 2.76. The Morgan fingerprint density at radius 2 is 1.62 bits per heavy atom. The van der Waals surface area contributed by atoms with Gasteiger partial charge < -0.3 is 0 Å². The molecule has 0 saturated carbocycles. The van der Waals surface area contributed by atoms with Gasteiger partial charge in [0.2, 0.25) is 0 Å². The average molecular weight is 213 g/mol. The van der Waals surface area contributed by atoms with Crippen molar-refractivity contribution in [2.75, 3.05) is 0 Å². The minimum Gasteiger partial charge on any atom is -0.284 e. The monoisotopic (exact) mass is 213 g/mol. The van der Waals surface area contributed by atoms with E-state index in [2.05, 4.69) is 19.1 Å². The molecule has 2 nitrogen and oxygen atoms in total. The minimum atomic E-state index is 0.0116. The molecule has 0 saturated heterocycles. The van der Waals surface area contributed by atoms with Crippen molar-refractivity contribution in [3.8, 4) is 5.69 Å². The first-order valence-corrected chi connectivity index (χ1v) is 5.35. The topological polar surface area (TPSA) is 22.0 Å². The Balaban J connectivity index is 2.75. The van der Waals surface area contributed by atoms with Crippen LogP contribution in [0.4, 0.5) is 0 Å². The summed E-state index contributed by atoms with van der Waals surface area (Å²) in [4.78, 5) is 11.8. The van der Waals surface area contributed by atoms with E-state index < -0.39 is 0 Å². The van der Waals surface area contributed by atoms with Gasteiger partial charge in [0.25, 0.3) is 5.56 Å². The van der Waals surface area contributed by atoms with E-state index in [-0.39, 0.29) is 5.56 Å². The van der Waals surface area contributed by atoms with E-state index in [1.807, 2.05) is 26.1 Å². The van der Waals surface area contributed by atoms with E-state index in [0.29, 0.717) is 0 Å². The molecule has 82 valence electrons. The first-order chi connectivity index (χ1) is 7.59. The maximum atomic E-state index is 11.8. The molecule has 0 atom stereocenters. The molecule has 0 N–H and O–H groups in total. The molecule has 0 radical (unpaired) electrons. The largest absolute Gasteiger partial charge is 0.284 e. The van der Waals surface area contributed by atoms with Crippen LogP contribution in [0.5, 0.6) is 0 Å². The van der Waals surface area contributed by atoms with Crippen LogP contribution < -0.4 is 5.56 Å². The predicted molar refractivity (Wildman–Crippen MR) is 66.3 cm³/mol. The molecule has 1 aromatic heterocycles. The Hall–Kier alpha value is -1.83. The standard InChI is InChI=1S/C14H15NO/c1-10-8-11(2)14(12(3)9-10)15-7-5-4-6-13(15)16/h4-9H,1-3H3. The van der Waals surface area contributed by atoms with E-state index in [9.17, 15) is 4.79 Å². The minimum absolute atomic E-state index is 0.0116. The van der Waals surface area contributed by atoms with Gasteiger partial charge in [-0.05, 0) is 38.0 Å². The number of benzene rings is 1. The summed E-state index contributed by atoms with van der Waals surface area (Å²) in [6.45, 7) is 6.14. The average Bonchev–Trinajstić information content (AvgIpc) is 2.19. The maximum Gasteiger partial charge on any atom is 0.255 e. The Morgan fingerprint density at radius 1 is 1.00 bits per heavy atom. The van der Waals surface area contributed by atoms with Crippen molar-refractivity contribution >= 4 is 0 Å². The molecular weight excluding hydrogens is 198 g/mol. The number of aryl methyl sites for hydroxylation is 3. The fourth-order valence-corrected chi connectivity index (χ4v) is 2.16. The fourth-order valence-electron chi connectivity index (χ4n) is 2.16. The highest BCUT2D eigenvalue weighted by Gasteiger charge is 2.06. The molecular formula is C14H15NO. The first kappa shape index (κ1) is 10.7. The molecule has 0 amide bonds. The van der Waals surface area contributed by atoms with E-state index in [4.69, 9.17) is 0 Å². The van der Waals surface area contributed by atoms with Gasteiger partial charge >= 0.3 is 0 Å². The molecule has 0 aliphatic heterocycles. The summed E-state index contributed by atoms with van der Waals surface area (Å²) in [5.41, 5.74) is 4.49. The first-order valence-electron chi connectivity index (χ1n) is 5.35. The highest BCUT2D eigenvalue weighted by molar-refractivity contribution is 5.49. The van der Waals surface area contributed by atoms with Crippen molar-refractivity contribution in [2.45, 2.75) is 20.8 Å². The lowest BCUT2D eigenvalue weighted by atomic mass is 10.0. The molecule has 0 aliphatic rings. The Kier molecular flexibility index (Phi) is 2.65. The van der Waals surface area contributed by atoms with Crippen molar-refractivity contribution in [1.29, 1.82) is 0 Å². The van der Waals surface area contributed by atoms with Gasteiger partial charge in [-0.3, -0.25) is 9.36 Å². The molecule has 0 fully saturated rings. The lowest BCUT2D eigenvalue weighted by Gasteiger charge is -2.13. The van der Waals surface area contributed by atoms with Crippen molar-refractivity contribution in [1.82, 2.24) is 4.57 Å². The van der Waals surface area contributed by atoms with Crippen LogP contribution in [-0.4, -0.2) is 4.57 Å². The molecule has 0 aliphatic carbocycles. The summed E-state index contributed by atoms with van der Waals surface area (Å²) >= 11 is 0. The van der Waals surface area contributed by atoms with Crippen LogP contribution in [0.2, 0.25) is 0 Å². The molecule has 0 spiro atoms. The van der Waals surface area contributed by atoms with Crippen LogP contribution in [0.3, 0.4) is 0 Å². The number of nitrogens with zero attached hydrogens (tertiary/aromatic N) is 1. The van der Waals surface area contributed by atoms with Gasteiger partial charge in [-0.15, -0.1) is 0 Å². The highest BCUT2D eigenvalue weighted by atomic mass is 16.1. The van der Waals surface area contributed by atoms with Crippen LogP contribution >= 0.6 is 0 Å². The van der Waals surface area contributed by atoms with Crippen molar-refractivity contribution in [3.05, 3.63) is 63.6 Å². The summed E-state index contributed by atoms with van der Waals surface area (Å²) in [5.74, 6) is 0. The van der Waals surface area contributed by atoms with Gasteiger partial charge in [0, 0.05) is 12.3 Å². The molecule has 2 rings (SSSR count). The van der Waals surface area contributed by atoms with E-state index in [1.54, 1.807) is 16.7 Å². The number of rotatable bonds is 1. The van der Waals surface area contributed by atoms with Crippen molar-refractivity contribution in [2.24, 2.45) is 0 Å². The lowest BCUT2D eigenvalue weighted by Crippen LogP contribution is -2.17. The summed E-state index contributed by atoms with van der Waals surface area (Å²) in [6.07, 6.45) is 1.81. The van der Waals surface area contributed by atoms with Gasteiger partial charge in [0.15, 0.2) is 0 Å². The molecule has 1 heterocycles. The highest BCUT2D eigenvalue weighted by Crippen LogP contribution is 2.19. The summed E-state index contributed by atoms with van der Waals surface area (Å²) < 4.78 is 1.70.